The molecule has 0 spiro atoms. The largest absolute Gasteiger partial charge is 0.492 e. The third kappa shape index (κ3) is 5.48. The van der Waals surface area contributed by atoms with Crippen LogP contribution in [-0.2, 0) is 4.74 Å². The van der Waals surface area contributed by atoms with Crippen molar-refractivity contribution in [2.24, 2.45) is 0 Å². The van der Waals surface area contributed by atoms with Gasteiger partial charge in [-0.15, -0.1) is 0 Å². The van der Waals surface area contributed by atoms with Crippen LogP contribution in [0, 0.1) is 0 Å². The standard InChI is InChI=1S/C21H28N2O5/c1-21(2,3)28-20(25)23-12-10-22(11-13-23)9-6-14-26-18-15-19(24)27-17-8-5-4-7-16(17)18/h4-5,7-8,15H,6,9-14H2,1-3H3. The van der Waals surface area contributed by atoms with Gasteiger partial charge in [-0.05, 0) is 39.3 Å². The molecule has 0 atom stereocenters. The zero-order chi connectivity index (χ0) is 20.1. The number of para-hydroxylation sites is 1. The van der Waals surface area contributed by atoms with Crippen molar-refractivity contribution in [3.8, 4) is 5.75 Å². The number of fused-ring (bicyclic) bond motifs is 1. The van der Waals surface area contributed by atoms with E-state index < -0.39 is 11.2 Å². The van der Waals surface area contributed by atoms with Gasteiger partial charge in [-0.3, -0.25) is 4.90 Å². The minimum Gasteiger partial charge on any atom is -0.492 e. The van der Waals surface area contributed by atoms with Gasteiger partial charge in [0.1, 0.15) is 16.9 Å². The summed E-state index contributed by atoms with van der Waals surface area (Å²) in [5.41, 5.74) is -0.347. The number of amides is 1. The number of carbonyl (C=O) groups is 1. The molecule has 1 saturated heterocycles. The molecular formula is C21H28N2O5. The van der Waals surface area contributed by atoms with Crippen molar-refractivity contribution in [1.29, 1.82) is 0 Å². The zero-order valence-corrected chi connectivity index (χ0v) is 16.8. The van der Waals surface area contributed by atoms with E-state index in [2.05, 4.69) is 4.90 Å². The van der Waals surface area contributed by atoms with Crippen LogP contribution in [0.1, 0.15) is 27.2 Å². The molecule has 2 aromatic rings. The third-order valence-corrected chi connectivity index (χ3v) is 4.51. The summed E-state index contributed by atoms with van der Waals surface area (Å²) in [5.74, 6) is 0.557. The highest BCUT2D eigenvalue weighted by Crippen LogP contribution is 2.23. The Kier molecular flexibility index (Phi) is 6.24. The highest BCUT2D eigenvalue weighted by Gasteiger charge is 2.25. The predicted molar refractivity (Wildman–Crippen MR) is 107 cm³/mol. The van der Waals surface area contributed by atoms with Crippen LogP contribution in [0.5, 0.6) is 5.75 Å². The van der Waals surface area contributed by atoms with E-state index in [1.165, 1.54) is 6.07 Å². The molecule has 2 heterocycles. The van der Waals surface area contributed by atoms with Crippen LogP contribution >= 0.6 is 0 Å². The molecule has 7 heteroatoms. The number of hydrogen-bond acceptors (Lipinski definition) is 6. The van der Waals surface area contributed by atoms with Crippen molar-refractivity contribution >= 4 is 17.1 Å². The molecule has 0 bridgehead atoms. The van der Waals surface area contributed by atoms with Crippen LogP contribution in [-0.4, -0.2) is 60.8 Å². The van der Waals surface area contributed by atoms with Gasteiger partial charge in [-0.2, -0.15) is 0 Å². The van der Waals surface area contributed by atoms with Gasteiger partial charge in [0.05, 0.1) is 18.1 Å². The highest BCUT2D eigenvalue weighted by atomic mass is 16.6. The van der Waals surface area contributed by atoms with Crippen LogP contribution in [0.2, 0.25) is 0 Å². The van der Waals surface area contributed by atoms with Gasteiger partial charge in [0.15, 0.2) is 0 Å². The van der Waals surface area contributed by atoms with Gasteiger partial charge < -0.3 is 18.8 Å². The van der Waals surface area contributed by atoms with Crippen LogP contribution < -0.4 is 10.4 Å². The number of ether oxygens (including phenoxy) is 2. The molecule has 0 unspecified atom stereocenters. The molecule has 0 radical (unpaired) electrons. The molecule has 152 valence electrons. The maximum Gasteiger partial charge on any atom is 0.410 e. The second-order valence-corrected chi connectivity index (χ2v) is 7.94. The van der Waals surface area contributed by atoms with Gasteiger partial charge in [0.25, 0.3) is 0 Å². The Balaban J connectivity index is 1.43. The third-order valence-electron chi connectivity index (χ3n) is 4.51. The number of hydrogen-bond donors (Lipinski definition) is 0. The lowest BCUT2D eigenvalue weighted by Gasteiger charge is -2.35. The van der Waals surface area contributed by atoms with E-state index in [1.54, 1.807) is 11.0 Å². The van der Waals surface area contributed by atoms with E-state index in [4.69, 9.17) is 13.9 Å². The van der Waals surface area contributed by atoms with E-state index in [1.807, 2.05) is 39.0 Å². The molecule has 0 saturated carbocycles. The average Bonchev–Trinajstić information content (AvgIpc) is 2.64. The first kappa shape index (κ1) is 20.2. The lowest BCUT2D eigenvalue weighted by atomic mass is 10.2. The fourth-order valence-electron chi connectivity index (χ4n) is 3.15. The predicted octanol–water partition coefficient (Wildman–Crippen LogP) is 3.11. The highest BCUT2D eigenvalue weighted by molar-refractivity contribution is 5.82. The summed E-state index contributed by atoms with van der Waals surface area (Å²) in [6, 6.07) is 8.74. The van der Waals surface area contributed by atoms with Crippen molar-refractivity contribution < 1.29 is 18.7 Å². The fraction of sp³-hybridized carbons (Fsp3) is 0.524. The van der Waals surface area contributed by atoms with E-state index in [-0.39, 0.29) is 6.09 Å². The Bertz CT molecular complexity index is 863. The Labute approximate surface area is 164 Å². The molecular weight excluding hydrogens is 360 g/mol. The molecule has 0 N–H and O–H groups in total. The number of nitrogens with zero attached hydrogens (tertiary/aromatic N) is 2. The second kappa shape index (κ2) is 8.65. The van der Waals surface area contributed by atoms with Crippen molar-refractivity contribution in [1.82, 2.24) is 9.80 Å². The van der Waals surface area contributed by atoms with Crippen molar-refractivity contribution in [2.75, 3.05) is 39.3 Å². The summed E-state index contributed by atoms with van der Waals surface area (Å²) >= 11 is 0. The van der Waals surface area contributed by atoms with Crippen molar-refractivity contribution in [3.63, 3.8) is 0 Å². The summed E-state index contributed by atoms with van der Waals surface area (Å²) in [6.07, 6.45) is 0.589. The summed E-state index contributed by atoms with van der Waals surface area (Å²) < 4.78 is 16.4. The number of rotatable bonds is 5. The smallest absolute Gasteiger partial charge is 0.410 e. The minimum atomic E-state index is -0.468. The Morgan fingerprint density at radius 1 is 1.14 bits per heavy atom. The van der Waals surface area contributed by atoms with E-state index in [0.29, 0.717) is 31.0 Å². The monoisotopic (exact) mass is 388 g/mol. The first-order valence-electron chi connectivity index (χ1n) is 9.68. The lowest BCUT2D eigenvalue weighted by Crippen LogP contribution is -2.50. The molecule has 1 aromatic carbocycles. The Morgan fingerprint density at radius 3 is 2.57 bits per heavy atom. The van der Waals surface area contributed by atoms with Crippen molar-refractivity contribution in [3.05, 3.63) is 40.8 Å². The van der Waals surface area contributed by atoms with Crippen molar-refractivity contribution in [2.45, 2.75) is 32.8 Å². The van der Waals surface area contributed by atoms with E-state index in [0.717, 1.165) is 31.4 Å². The molecule has 0 aliphatic carbocycles. The van der Waals surface area contributed by atoms with E-state index in [9.17, 15) is 9.59 Å². The lowest BCUT2D eigenvalue weighted by molar-refractivity contribution is 0.0142. The molecule has 7 nitrogen and oxygen atoms in total. The summed E-state index contributed by atoms with van der Waals surface area (Å²) in [6.45, 7) is 9.98. The maximum atomic E-state index is 12.1. The maximum absolute atomic E-state index is 12.1. The molecule has 1 aliphatic heterocycles. The quantitative estimate of drug-likeness (QED) is 0.579. The van der Waals surface area contributed by atoms with Crippen LogP contribution in [0.15, 0.2) is 39.5 Å². The fourth-order valence-corrected chi connectivity index (χ4v) is 3.15. The Morgan fingerprint density at radius 2 is 1.86 bits per heavy atom. The Hall–Kier alpha value is -2.54. The van der Waals surface area contributed by atoms with Crippen LogP contribution in [0.3, 0.4) is 0 Å². The topological polar surface area (TPSA) is 72.2 Å². The molecule has 1 aliphatic rings. The second-order valence-electron chi connectivity index (χ2n) is 7.94. The summed E-state index contributed by atoms with van der Waals surface area (Å²) in [4.78, 5) is 27.8. The SMILES string of the molecule is CC(C)(C)OC(=O)N1CCN(CCCOc2cc(=O)oc3ccccc23)CC1. The minimum absolute atomic E-state index is 0.245. The van der Waals surface area contributed by atoms with E-state index >= 15 is 0 Å². The number of piperazine rings is 1. The molecule has 1 aromatic heterocycles. The first-order valence-corrected chi connectivity index (χ1v) is 9.68. The summed E-state index contributed by atoms with van der Waals surface area (Å²) in [7, 11) is 0. The van der Waals surface area contributed by atoms with Gasteiger partial charge in [0, 0.05) is 32.7 Å². The average molecular weight is 388 g/mol. The normalized spacial score (nSPS) is 15.6. The van der Waals surface area contributed by atoms with Crippen LogP contribution in [0.25, 0.3) is 11.0 Å². The number of benzene rings is 1. The van der Waals surface area contributed by atoms with Gasteiger partial charge in [-0.1, -0.05) is 12.1 Å². The summed E-state index contributed by atoms with van der Waals surface area (Å²) in [5, 5.41) is 0.799. The molecule has 3 rings (SSSR count). The molecule has 1 fully saturated rings. The number of carbonyl (C=O) groups excluding carboxylic acids is 1. The zero-order valence-electron chi connectivity index (χ0n) is 16.8. The molecule has 1 amide bonds. The molecule has 28 heavy (non-hydrogen) atoms. The van der Waals surface area contributed by atoms with Gasteiger partial charge in [0.2, 0.25) is 0 Å². The van der Waals surface area contributed by atoms with Crippen LogP contribution in [0.4, 0.5) is 4.79 Å². The van der Waals surface area contributed by atoms with Gasteiger partial charge >= 0.3 is 11.7 Å². The van der Waals surface area contributed by atoms with Gasteiger partial charge in [-0.25, -0.2) is 9.59 Å². The first-order chi connectivity index (χ1) is 13.3.